The maximum atomic E-state index is 10.5. The van der Waals surface area contributed by atoms with Crippen LogP contribution in [-0.4, -0.2) is 42.9 Å². The van der Waals surface area contributed by atoms with Crippen LogP contribution < -0.4 is 15.2 Å². The van der Waals surface area contributed by atoms with Crippen molar-refractivity contribution < 1.29 is 14.6 Å². The van der Waals surface area contributed by atoms with Gasteiger partial charge in [-0.3, -0.25) is 0 Å². The number of benzene rings is 2. The molecule has 0 radical (unpaired) electrons. The third-order valence-electron chi connectivity index (χ3n) is 5.40. The van der Waals surface area contributed by atoms with Gasteiger partial charge in [-0.2, -0.15) is 0 Å². The summed E-state index contributed by atoms with van der Waals surface area (Å²) in [6.07, 6.45) is 2.47. The van der Waals surface area contributed by atoms with Crippen molar-refractivity contribution in [1.82, 2.24) is 4.90 Å². The lowest BCUT2D eigenvalue weighted by atomic mass is 9.88. The second-order valence-corrected chi connectivity index (χ2v) is 7.61. The molecule has 1 aliphatic rings. The number of methoxy groups -OCH3 is 1. The Hall–Kier alpha value is -2.24. The van der Waals surface area contributed by atoms with Crippen molar-refractivity contribution in [3.05, 3.63) is 53.6 Å². The number of nitrogen functional groups attached to an aromatic ring is 1. The summed E-state index contributed by atoms with van der Waals surface area (Å²) in [6.45, 7) is 5.61. The van der Waals surface area contributed by atoms with Gasteiger partial charge in [-0.05, 0) is 49.1 Å². The van der Waals surface area contributed by atoms with Crippen molar-refractivity contribution in [3.8, 4) is 11.5 Å². The van der Waals surface area contributed by atoms with Crippen molar-refractivity contribution in [3.63, 3.8) is 0 Å². The quantitative estimate of drug-likeness (QED) is 0.682. The molecule has 0 bridgehead atoms. The standard InChI is InChI=1S/C23H32N2O3/c1-3-10-25-11-9-21(26)19(15-25)12-18-13-20(24)23(22(14-18)27-2)28-16-17-7-5-4-6-8-17/h4-8,13-14,19,21,26H,3,9-12,15-16,24H2,1-2H3. The zero-order valence-corrected chi connectivity index (χ0v) is 16.9. The van der Waals surface area contributed by atoms with Gasteiger partial charge in [0.25, 0.3) is 0 Å². The van der Waals surface area contributed by atoms with Gasteiger partial charge >= 0.3 is 0 Å². The lowest BCUT2D eigenvalue weighted by Crippen LogP contribution is -2.44. The van der Waals surface area contributed by atoms with Crippen LogP contribution in [0.25, 0.3) is 0 Å². The van der Waals surface area contributed by atoms with Gasteiger partial charge in [0, 0.05) is 19.0 Å². The number of hydrogen-bond donors (Lipinski definition) is 2. The lowest BCUT2D eigenvalue weighted by Gasteiger charge is -2.36. The summed E-state index contributed by atoms with van der Waals surface area (Å²) in [5.41, 5.74) is 9.02. The molecule has 1 fully saturated rings. The number of ether oxygens (including phenoxy) is 2. The average molecular weight is 385 g/mol. The predicted octanol–water partition coefficient (Wildman–Crippen LogP) is 3.49. The van der Waals surface area contributed by atoms with E-state index in [2.05, 4.69) is 11.8 Å². The minimum absolute atomic E-state index is 0.209. The summed E-state index contributed by atoms with van der Waals surface area (Å²) in [5, 5.41) is 10.5. The fourth-order valence-electron chi connectivity index (χ4n) is 3.95. The Balaban J connectivity index is 1.71. The number of hydrogen-bond acceptors (Lipinski definition) is 5. The van der Waals surface area contributed by atoms with Crippen LogP contribution in [0.1, 0.15) is 30.9 Å². The SMILES string of the molecule is CCCN1CCC(O)C(Cc2cc(N)c(OCc3ccccc3)c(OC)c2)C1. The van der Waals surface area contributed by atoms with Crippen LogP contribution in [0.3, 0.4) is 0 Å². The van der Waals surface area contributed by atoms with Crippen LogP contribution in [0.2, 0.25) is 0 Å². The summed E-state index contributed by atoms with van der Waals surface area (Å²) in [4.78, 5) is 2.44. The first-order chi connectivity index (χ1) is 13.6. The van der Waals surface area contributed by atoms with E-state index >= 15 is 0 Å². The molecule has 0 spiro atoms. The smallest absolute Gasteiger partial charge is 0.184 e. The van der Waals surface area contributed by atoms with E-state index in [0.717, 1.165) is 50.0 Å². The van der Waals surface area contributed by atoms with E-state index in [1.807, 2.05) is 42.5 Å². The molecule has 2 aromatic rings. The Morgan fingerprint density at radius 1 is 1.18 bits per heavy atom. The highest BCUT2D eigenvalue weighted by Gasteiger charge is 2.28. The highest BCUT2D eigenvalue weighted by molar-refractivity contribution is 5.62. The summed E-state index contributed by atoms with van der Waals surface area (Å²) in [5.74, 6) is 1.43. The summed E-state index contributed by atoms with van der Waals surface area (Å²) < 4.78 is 11.5. The zero-order chi connectivity index (χ0) is 19.9. The van der Waals surface area contributed by atoms with Gasteiger partial charge in [-0.15, -0.1) is 0 Å². The molecule has 5 nitrogen and oxygen atoms in total. The predicted molar refractivity (Wildman–Crippen MR) is 113 cm³/mol. The maximum Gasteiger partial charge on any atom is 0.184 e. The molecule has 0 saturated carbocycles. The Kier molecular flexibility index (Phi) is 7.18. The molecular weight excluding hydrogens is 352 g/mol. The van der Waals surface area contributed by atoms with Gasteiger partial charge in [0.2, 0.25) is 0 Å². The number of piperidine rings is 1. The Morgan fingerprint density at radius 3 is 2.68 bits per heavy atom. The van der Waals surface area contributed by atoms with Crippen LogP contribution in [-0.2, 0) is 13.0 Å². The molecule has 5 heteroatoms. The van der Waals surface area contributed by atoms with Crippen molar-refractivity contribution in [2.75, 3.05) is 32.5 Å². The fourth-order valence-corrected chi connectivity index (χ4v) is 3.95. The molecule has 0 amide bonds. The number of aliphatic hydroxyl groups is 1. The molecule has 2 atom stereocenters. The molecule has 3 rings (SSSR count). The molecule has 2 unspecified atom stereocenters. The highest BCUT2D eigenvalue weighted by atomic mass is 16.5. The number of anilines is 1. The Bertz CT molecular complexity index is 751. The van der Waals surface area contributed by atoms with Crippen molar-refractivity contribution in [2.45, 2.75) is 38.9 Å². The number of rotatable bonds is 8. The normalized spacial score (nSPS) is 20.1. The number of aliphatic hydroxyl groups excluding tert-OH is 1. The largest absolute Gasteiger partial charge is 0.493 e. The molecule has 152 valence electrons. The van der Waals surface area contributed by atoms with Gasteiger partial charge in [0.1, 0.15) is 6.61 Å². The molecule has 28 heavy (non-hydrogen) atoms. The third kappa shape index (κ3) is 5.18. The van der Waals surface area contributed by atoms with Gasteiger partial charge < -0.3 is 25.2 Å². The highest BCUT2D eigenvalue weighted by Crippen LogP contribution is 2.36. The fraction of sp³-hybridized carbons (Fsp3) is 0.478. The molecule has 0 aliphatic carbocycles. The van der Waals surface area contributed by atoms with Crippen LogP contribution in [0, 0.1) is 5.92 Å². The second kappa shape index (κ2) is 9.80. The molecule has 3 N–H and O–H groups in total. The summed E-state index contributed by atoms with van der Waals surface area (Å²) in [6, 6.07) is 13.9. The van der Waals surface area contributed by atoms with Crippen molar-refractivity contribution in [2.24, 2.45) is 5.92 Å². The summed E-state index contributed by atoms with van der Waals surface area (Å²) >= 11 is 0. The first-order valence-electron chi connectivity index (χ1n) is 10.1. The molecule has 2 aromatic carbocycles. The number of likely N-dealkylation sites (tertiary alicyclic amines) is 1. The summed E-state index contributed by atoms with van der Waals surface area (Å²) in [7, 11) is 1.63. The van der Waals surface area contributed by atoms with E-state index in [-0.39, 0.29) is 12.0 Å². The van der Waals surface area contributed by atoms with E-state index in [1.54, 1.807) is 7.11 Å². The van der Waals surface area contributed by atoms with Crippen LogP contribution in [0.15, 0.2) is 42.5 Å². The van der Waals surface area contributed by atoms with E-state index in [1.165, 1.54) is 0 Å². The monoisotopic (exact) mass is 384 g/mol. The first kappa shape index (κ1) is 20.5. The van der Waals surface area contributed by atoms with Gasteiger partial charge in [0.05, 0.1) is 18.9 Å². The Labute approximate surface area is 168 Å². The van der Waals surface area contributed by atoms with Gasteiger partial charge in [-0.25, -0.2) is 0 Å². The topological polar surface area (TPSA) is 68.0 Å². The Morgan fingerprint density at radius 2 is 1.96 bits per heavy atom. The maximum absolute atomic E-state index is 10.5. The average Bonchev–Trinajstić information content (AvgIpc) is 2.70. The molecular formula is C23H32N2O3. The minimum Gasteiger partial charge on any atom is -0.493 e. The molecule has 1 heterocycles. The van der Waals surface area contributed by atoms with Gasteiger partial charge in [-0.1, -0.05) is 37.3 Å². The molecule has 1 saturated heterocycles. The van der Waals surface area contributed by atoms with Crippen LogP contribution in [0.5, 0.6) is 11.5 Å². The van der Waals surface area contributed by atoms with E-state index in [0.29, 0.717) is 23.8 Å². The van der Waals surface area contributed by atoms with Gasteiger partial charge in [0.15, 0.2) is 11.5 Å². The zero-order valence-electron chi connectivity index (χ0n) is 16.9. The second-order valence-electron chi connectivity index (χ2n) is 7.61. The van der Waals surface area contributed by atoms with Crippen molar-refractivity contribution >= 4 is 5.69 Å². The van der Waals surface area contributed by atoms with E-state index in [4.69, 9.17) is 15.2 Å². The van der Waals surface area contributed by atoms with E-state index < -0.39 is 0 Å². The molecule has 0 aromatic heterocycles. The lowest BCUT2D eigenvalue weighted by molar-refractivity contribution is 0.0270. The molecule has 1 aliphatic heterocycles. The third-order valence-corrected chi connectivity index (χ3v) is 5.40. The number of nitrogens with two attached hydrogens (primary N) is 1. The van der Waals surface area contributed by atoms with E-state index in [9.17, 15) is 5.11 Å². The number of nitrogens with zero attached hydrogens (tertiary/aromatic N) is 1. The minimum atomic E-state index is -0.269. The van der Waals surface area contributed by atoms with Crippen LogP contribution >= 0.6 is 0 Å². The van der Waals surface area contributed by atoms with Crippen molar-refractivity contribution in [1.29, 1.82) is 0 Å². The first-order valence-corrected chi connectivity index (χ1v) is 10.1. The van der Waals surface area contributed by atoms with Crippen LogP contribution in [0.4, 0.5) is 5.69 Å².